The molecule has 0 bridgehead atoms. The van der Waals surface area contributed by atoms with Gasteiger partial charge in [0, 0.05) is 33.2 Å². The largest absolute Gasteiger partial charge is 0.360 e. The number of hydrogen-bond donors (Lipinski definition) is 2. The van der Waals surface area contributed by atoms with Crippen molar-refractivity contribution < 1.29 is 0 Å². The van der Waals surface area contributed by atoms with Crippen molar-refractivity contribution in [3.63, 3.8) is 0 Å². The Hall–Kier alpha value is -3.14. The molecule has 0 fully saturated rings. The van der Waals surface area contributed by atoms with Crippen molar-refractivity contribution >= 4 is 45.1 Å². The van der Waals surface area contributed by atoms with Gasteiger partial charge in [-0.25, -0.2) is 4.98 Å². The summed E-state index contributed by atoms with van der Waals surface area (Å²) >= 11 is 7.35. The summed E-state index contributed by atoms with van der Waals surface area (Å²) in [5.41, 5.74) is 4.05. The van der Waals surface area contributed by atoms with E-state index in [9.17, 15) is 5.26 Å². The molecular formula is C19H12ClN5S. The Morgan fingerprint density at radius 1 is 1.23 bits per heavy atom. The molecule has 4 aromatic rings. The Morgan fingerprint density at radius 3 is 2.88 bits per heavy atom. The van der Waals surface area contributed by atoms with E-state index < -0.39 is 0 Å². The summed E-state index contributed by atoms with van der Waals surface area (Å²) in [4.78, 5) is 4.56. The van der Waals surface area contributed by atoms with Gasteiger partial charge < -0.3 is 5.32 Å². The molecule has 0 amide bonds. The molecule has 0 atom stereocenters. The van der Waals surface area contributed by atoms with Gasteiger partial charge in [-0.2, -0.15) is 10.4 Å². The summed E-state index contributed by atoms with van der Waals surface area (Å²) in [6.07, 6.45) is 3.44. The number of fused-ring (bicyclic) bond motifs is 1. The number of aromatic amines is 1. The minimum atomic E-state index is 0.472. The fourth-order valence-corrected chi connectivity index (χ4v) is 3.40. The van der Waals surface area contributed by atoms with E-state index >= 15 is 0 Å². The van der Waals surface area contributed by atoms with E-state index in [4.69, 9.17) is 11.6 Å². The number of aromatic nitrogens is 3. The second kappa shape index (κ2) is 7.00. The molecule has 0 saturated carbocycles. The van der Waals surface area contributed by atoms with Crippen molar-refractivity contribution in [3.05, 3.63) is 70.3 Å². The van der Waals surface area contributed by atoms with Gasteiger partial charge in [-0.05, 0) is 30.3 Å². The van der Waals surface area contributed by atoms with Gasteiger partial charge >= 0.3 is 0 Å². The zero-order valence-corrected chi connectivity index (χ0v) is 15.0. The first-order chi connectivity index (χ1) is 12.7. The fraction of sp³-hybridized carbons (Fsp3) is 0. The molecule has 0 spiro atoms. The molecule has 2 N–H and O–H groups in total. The highest BCUT2D eigenvalue weighted by Gasteiger charge is 2.09. The molecule has 126 valence electrons. The quantitative estimate of drug-likeness (QED) is 0.472. The van der Waals surface area contributed by atoms with Gasteiger partial charge in [-0.1, -0.05) is 23.7 Å². The third-order valence-electron chi connectivity index (χ3n) is 3.82. The normalized spacial score (nSPS) is 11.5. The molecule has 0 aliphatic heterocycles. The van der Waals surface area contributed by atoms with Crippen LogP contribution in [0.1, 0.15) is 5.01 Å². The molecule has 0 radical (unpaired) electrons. The molecule has 2 aromatic carbocycles. The Morgan fingerprint density at radius 2 is 2.08 bits per heavy atom. The van der Waals surface area contributed by atoms with Gasteiger partial charge in [-0.3, -0.25) is 5.10 Å². The van der Waals surface area contributed by atoms with Gasteiger partial charge in [0.05, 0.1) is 17.4 Å². The van der Waals surface area contributed by atoms with Gasteiger partial charge in [0.25, 0.3) is 0 Å². The lowest BCUT2D eigenvalue weighted by molar-refractivity contribution is 1.12. The molecular weight excluding hydrogens is 366 g/mol. The third-order valence-corrected chi connectivity index (χ3v) is 4.95. The summed E-state index contributed by atoms with van der Waals surface area (Å²) in [6, 6.07) is 15.5. The predicted molar refractivity (Wildman–Crippen MR) is 106 cm³/mol. The Balaban J connectivity index is 1.57. The van der Waals surface area contributed by atoms with Crippen LogP contribution in [0.25, 0.3) is 27.7 Å². The molecule has 4 rings (SSSR count). The lowest BCUT2D eigenvalue weighted by atomic mass is 10.2. The molecule has 0 aliphatic rings. The first kappa shape index (κ1) is 16.3. The standard InChI is InChI=1S/C19H12ClN5S/c20-15-4-1-12(2-5-15)18-11-26-19(24-18)14(8-21)9-22-16-6-3-13-10-23-25-17(13)7-16/h1-7,9-11,22H,(H,23,25)/b14-9+. The number of hydrogen-bond acceptors (Lipinski definition) is 5. The average Bonchev–Trinajstić information content (AvgIpc) is 3.32. The minimum Gasteiger partial charge on any atom is -0.360 e. The molecule has 2 aromatic heterocycles. The van der Waals surface area contributed by atoms with Crippen LogP contribution in [-0.2, 0) is 0 Å². The van der Waals surface area contributed by atoms with Crippen LogP contribution in [0.2, 0.25) is 5.02 Å². The maximum absolute atomic E-state index is 9.49. The number of nitriles is 1. The number of anilines is 1. The van der Waals surface area contributed by atoms with E-state index in [1.807, 2.05) is 47.8 Å². The van der Waals surface area contributed by atoms with Crippen LogP contribution in [0.5, 0.6) is 0 Å². The van der Waals surface area contributed by atoms with Crippen LogP contribution in [0, 0.1) is 11.3 Å². The number of benzene rings is 2. The second-order valence-electron chi connectivity index (χ2n) is 5.53. The van der Waals surface area contributed by atoms with Crippen molar-refractivity contribution in [1.29, 1.82) is 5.26 Å². The molecule has 0 unspecified atom stereocenters. The number of rotatable bonds is 4. The number of allylic oxidation sites excluding steroid dienone is 1. The van der Waals surface area contributed by atoms with E-state index in [-0.39, 0.29) is 0 Å². The smallest absolute Gasteiger partial charge is 0.136 e. The first-order valence-electron chi connectivity index (χ1n) is 7.75. The Bertz CT molecular complexity index is 1130. The van der Waals surface area contributed by atoms with E-state index in [0.29, 0.717) is 15.6 Å². The van der Waals surface area contributed by atoms with Gasteiger partial charge in [0.1, 0.15) is 16.6 Å². The monoisotopic (exact) mass is 377 g/mol. The molecule has 0 saturated heterocycles. The van der Waals surface area contributed by atoms with Crippen molar-refractivity contribution in [3.8, 4) is 17.3 Å². The lowest BCUT2D eigenvalue weighted by Crippen LogP contribution is -1.91. The van der Waals surface area contributed by atoms with Crippen LogP contribution < -0.4 is 5.32 Å². The third kappa shape index (κ3) is 3.31. The Labute approximate surface area is 158 Å². The van der Waals surface area contributed by atoms with Crippen LogP contribution in [0.3, 0.4) is 0 Å². The SMILES string of the molecule is N#C/C(=C\Nc1ccc2cn[nH]c2c1)c1nc(-c2ccc(Cl)cc2)cs1. The van der Waals surface area contributed by atoms with E-state index in [1.165, 1.54) is 11.3 Å². The van der Waals surface area contributed by atoms with E-state index in [1.54, 1.807) is 12.4 Å². The van der Waals surface area contributed by atoms with E-state index in [2.05, 4.69) is 26.6 Å². The number of thiazole rings is 1. The predicted octanol–water partition coefficient (Wildman–Crippen LogP) is 5.32. The van der Waals surface area contributed by atoms with Gasteiger partial charge in [0.15, 0.2) is 0 Å². The Kier molecular flexibility index (Phi) is 4.40. The maximum Gasteiger partial charge on any atom is 0.136 e. The number of nitrogens with one attached hydrogen (secondary N) is 2. The molecule has 7 heteroatoms. The zero-order chi connectivity index (χ0) is 17.9. The highest BCUT2D eigenvalue weighted by molar-refractivity contribution is 7.11. The highest BCUT2D eigenvalue weighted by Crippen LogP contribution is 2.27. The summed E-state index contributed by atoms with van der Waals surface area (Å²) in [5, 5.41) is 23.9. The summed E-state index contributed by atoms with van der Waals surface area (Å²) < 4.78 is 0. The molecule has 0 aliphatic carbocycles. The highest BCUT2D eigenvalue weighted by atomic mass is 35.5. The molecule has 2 heterocycles. The average molecular weight is 378 g/mol. The first-order valence-corrected chi connectivity index (χ1v) is 9.00. The number of halogens is 1. The summed E-state index contributed by atoms with van der Waals surface area (Å²) in [6.45, 7) is 0. The zero-order valence-electron chi connectivity index (χ0n) is 13.4. The molecule has 26 heavy (non-hydrogen) atoms. The maximum atomic E-state index is 9.49. The fourth-order valence-electron chi connectivity index (χ4n) is 2.47. The summed E-state index contributed by atoms with van der Waals surface area (Å²) in [7, 11) is 0. The number of H-pyrrole nitrogens is 1. The van der Waals surface area contributed by atoms with Crippen LogP contribution >= 0.6 is 22.9 Å². The van der Waals surface area contributed by atoms with Crippen molar-refractivity contribution in [2.75, 3.05) is 5.32 Å². The van der Waals surface area contributed by atoms with Crippen molar-refractivity contribution in [2.24, 2.45) is 0 Å². The minimum absolute atomic E-state index is 0.472. The second-order valence-corrected chi connectivity index (χ2v) is 6.83. The molecule has 5 nitrogen and oxygen atoms in total. The van der Waals surface area contributed by atoms with Crippen molar-refractivity contribution in [2.45, 2.75) is 0 Å². The van der Waals surface area contributed by atoms with Crippen molar-refractivity contribution in [1.82, 2.24) is 15.2 Å². The van der Waals surface area contributed by atoms with E-state index in [0.717, 1.165) is 27.8 Å². The van der Waals surface area contributed by atoms with Gasteiger partial charge in [0.2, 0.25) is 0 Å². The van der Waals surface area contributed by atoms with Crippen LogP contribution in [0.15, 0.2) is 60.2 Å². The van der Waals surface area contributed by atoms with Crippen LogP contribution in [0.4, 0.5) is 5.69 Å². The summed E-state index contributed by atoms with van der Waals surface area (Å²) in [5.74, 6) is 0. The van der Waals surface area contributed by atoms with Gasteiger partial charge in [-0.15, -0.1) is 11.3 Å². The van der Waals surface area contributed by atoms with Crippen LogP contribution in [-0.4, -0.2) is 15.2 Å². The number of nitrogens with zero attached hydrogens (tertiary/aromatic N) is 3. The lowest BCUT2D eigenvalue weighted by Gasteiger charge is -2.01. The topological polar surface area (TPSA) is 77.4 Å².